The zero-order valence-corrected chi connectivity index (χ0v) is 15.5. The number of aromatic hydroxyl groups is 1. The molecule has 1 N–H and O–H groups in total. The van der Waals surface area contributed by atoms with Gasteiger partial charge in [0, 0.05) is 0 Å². The second-order valence-corrected chi connectivity index (χ2v) is 7.07. The predicted octanol–water partition coefficient (Wildman–Crippen LogP) is 6.33. The Hall–Kier alpha value is -2.32. The topological polar surface area (TPSA) is 37.3 Å². The summed E-state index contributed by atoms with van der Waals surface area (Å²) in [6.07, 6.45) is 10.4. The van der Waals surface area contributed by atoms with Gasteiger partial charge in [0.05, 0.1) is 0 Å². The Kier molecular flexibility index (Phi) is 6.30. The fourth-order valence-corrected chi connectivity index (χ4v) is 3.59. The van der Waals surface area contributed by atoms with Crippen LogP contribution in [0.25, 0.3) is 11.6 Å². The van der Waals surface area contributed by atoms with E-state index < -0.39 is 5.24 Å². The maximum atomic E-state index is 10.9. The quantitative estimate of drug-likeness (QED) is 0.390. The molecule has 0 radical (unpaired) electrons. The Morgan fingerprint density at radius 2 is 1.38 bits per heavy atom. The third-order valence-corrected chi connectivity index (χ3v) is 4.95. The van der Waals surface area contributed by atoms with Crippen LogP contribution in [-0.4, -0.2) is 10.3 Å². The van der Waals surface area contributed by atoms with Crippen molar-refractivity contribution in [2.45, 2.75) is 38.5 Å². The molecule has 26 heavy (non-hydrogen) atoms. The van der Waals surface area contributed by atoms with Crippen molar-refractivity contribution in [3.63, 3.8) is 0 Å². The summed E-state index contributed by atoms with van der Waals surface area (Å²) in [6, 6.07) is 15.7. The third kappa shape index (κ3) is 4.86. The van der Waals surface area contributed by atoms with Crippen LogP contribution in [0.15, 0.2) is 60.2 Å². The van der Waals surface area contributed by atoms with Gasteiger partial charge in [-0.25, -0.2) is 0 Å². The van der Waals surface area contributed by atoms with Crippen molar-refractivity contribution in [2.24, 2.45) is 0 Å². The molecule has 0 atom stereocenters. The minimum absolute atomic E-state index is 0.283. The number of carbonyl (C=O) groups excluding carboxylic acids is 1. The molecule has 0 amide bonds. The lowest BCUT2D eigenvalue weighted by Crippen LogP contribution is -1.95. The molecule has 134 valence electrons. The predicted molar refractivity (Wildman–Crippen MR) is 108 cm³/mol. The fraction of sp³-hybridized carbons (Fsp3) is 0.261. The first-order chi connectivity index (χ1) is 12.6. The second kappa shape index (κ2) is 8.86. The van der Waals surface area contributed by atoms with Gasteiger partial charge in [0.2, 0.25) is 5.24 Å². The largest absolute Gasteiger partial charge is 0.508 e. The minimum Gasteiger partial charge on any atom is -0.508 e. The van der Waals surface area contributed by atoms with Crippen LogP contribution >= 0.6 is 11.6 Å². The van der Waals surface area contributed by atoms with Crippen molar-refractivity contribution < 1.29 is 9.90 Å². The summed E-state index contributed by atoms with van der Waals surface area (Å²) >= 11 is 5.37. The highest BCUT2D eigenvalue weighted by Crippen LogP contribution is 2.35. The highest BCUT2D eigenvalue weighted by Gasteiger charge is 2.14. The Labute approximate surface area is 159 Å². The molecule has 0 spiro atoms. The number of carbonyl (C=O) groups is 1. The van der Waals surface area contributed by atoms with E-state index in [9.17, 15) is 9.90 Å². The SMILES string of the molecule is O=C(Cl)C=Cc1ccc(C(=C2CCCCCC2)c2ccc(O)cc2)cc1. The molecule has 0 bridgehead atoms. The normalized spacial score (nSPS) is 15.0. The van der Waals surface area contributed by atoms with Crippen molar-refractivity contribution >= 4 is 28.5 Å². The average Bonchev–Trinajstić information content (AvgIpc) is 2.92. The molecule has 2 nitrogen and oxygen atoms in total. The van der Waals surface area contributed by atoms with Crippen LogP contribution < -0.4 is 0 Å². The van der Waals surface area contributed by atoms with E-state index >= 15 is 0 Å². The average molecular weight is 367 g/mol. The van der Waals surface area contributed by atoms with Gasteiger partial charge in [0.15, 0.2) is 0 Å². The Morgan fingerprint density at radius 1 is 0.846 bits per heavy atom. The van der Waals surface area contributed by atoms with Crippen molar-refractivity contribution in [1.82, 2.24) is 0 Å². The smallest absolute Gasteiger partial charge is 0.245 e. The number of rotatable bonds is 4. The summed E-state index contributed by atoms with van der Waals surface area (Å²) < 4.78 is 0. The lowest BCUT2D eigenvalue weighted by molar-refractivity contribution is -0.107. The number of hydrogen-bond acceptors (Lipinski definition) is 2. The number of allylic oxidation sites excluding steroid dienone is 2. The van der Waals surface area contributed by atoms with E-state index in [1.165, 1.54) is 48.5 Å². The van der Waals surface area contributed by atoms with Gasteiger partial charge in [-0.3, -0.25) is 4.79 Å². The van der Waals surface area contributed by atoms with Crippen LogP contribution in [0.4, 0.5) is 0 Å². The van der Waals surface area contributed by atoms with E-state index in [-0.39, 0.29) is 5.75 Å². The van der Waals surface area contributed by atoms with Crippen LogP contribution in [-0.2, 0) is 4.79 Å². The van der Waals surface area contributed by atoms with Gasteiger partial charge >= 0.3 is 0 Å². The molecule has 3 rings (SSSR count). The monoisotopic (exact) mass is 366 g/mol. The van der Waals surface area contributed by atoms with Crippen LogP contribution in [0.5, 0.6) is 5.75 Å². The Bertz CT molecular complexity index is 804. The molecule has 1 fully saturated rings. The van der Waals surface area contributed by atoms with Crippen LogP contribution in [0.3, 0.4) is 0 Å². The molecule has 1 aliphatic carbocycles. The first-order valence-electron chi connectivity index (χ1n) is 9.13. The van der Waals surface area contributed by atoms with Crippen molar-refractivity contribution in [2.75, 3.05) is 0 Å². The lowest BCUT2D eigenvalue weighted by Gasteiger charge is -2.16. The van der Waals surface area contributed by atoms with Gasteiger partial charge in [-0.1, -0.05) is 60.9 Å². The third-order valence-electron chi connectivity index (χ3n) is 4.82. The molecule has 0 unspecified atom stereocenters. The molecule has 1 saturated carbocycles. The Morgan fingerprint density at radius 3 is 1.92 bits per heavy atom. The first kappa shape index (κ1) is 18.5. The summed E-state index contributed by atoms with van der Waals surface area (Å²) in [6.45, 7) is 0. The number of benzene rings is 2. The molecule has 1 aliphatic rings. The van der Waals surface area contributed by atoms with Gasteiger partial charge < -0.3 is 5.11 Å². The van der Waals surface area contributed by atoms with Gasteiger partial charge in [-0.15, -0.1) is 0 Å². The van der Waals surface area contributed by atoms with Gasteiger partial charge in [0.25, 0.3) is 0 Å². The standard InChI is InChI=1S/C23H23ClO2/c24-22(26)16-9-17-7-10-19(11-8-17)23(18-5-3-1-2-4-6-18)20-12-14-21(25)15-13-20/h7-16,25H,1-6H2. The van der Waals surface area contributed by atoms with Crippen molar-refractivity contribution in [3.8, 4) is 5.75 Å². The number of halogens is 1. The summed E-state index contributed by atoms with van der Waals surface area (Å²) in [5, 5.41) is 9.17. The molecule has 0 saturated heterocycles. The number of phenolic OH excluding ortho intramolecular Hbond substituents is 1. The second-order valence-electron chi connectivity index (χ2n) is 6.70. The van der Waals surface area contributed by atoms with E-state index in [1.54, 1.807) is 18.2 Å². The van der Waals surface area contributed by atoms with E-state index in [2.05, 4.69) is 12.1 Å². The fourth-order valence-electron chi connectivity index (χ4n) is 3.53. The van der Waals surface area contributed by atoms with Crippen LogP contribution in [0.1, 0.15) is 55.2 Å². The van der Waals surface area contributed by atoms with Gasteiger partial charge in [-0.05, 0) is 77.8 Å². The first-order valence-corrected chi connectivity index (χ1v) is 9.51. The molecular formula is C23H23ClO2. The van der Waals surface area contributed by atoms with E-state index in [1.807, 2.05) is 24.3 Å². The van der Waals surface area contributed by atoms with E-state index in [0.29, 0.717) is 0 Å². The summed E-state index contributed by atoms with van der Waals surface area (Å²) in [4.78, 5) is 10.9. The van der Waals surface area contributed by atoms with Crippen LogP contribution in [0, 0.1) is 0 Å². The number of phenols is 1. The summed E-state index contributed by atoms with van der Waals surface area (Å²) in [5.41, 5.74) is 6.02. The van der Waals surface area contributed by atoms with Crippen molar-refractivity contribution in [3.05, 3.63) is 76.9 Å². The van der Waals surface area contributed by atoms with Crippen LogP contribution in [0.2, 0.25) is 0 Å². The highest BCUT2D eigenvalue weighted by molar-refractivity contribution is 6.66. The molecule has 2 aromatic rings. The molecular weight excluding hydrogens is 344 g/mol. The zero-order valence-electron chi connectivity index (χ0n) is 14.7. The maximum absolute atomic E-state index is 10.9. The molecule has 2 aromatic carbocycles. The number of hydrogen-bond donors (Lipinski definition) is 1. The molecule has 0 heterocycles. The molecule has 0 aliphatic heterocycles. The van der Waals surface area contributed by atoms with E-state index in [0.717, 1.165) is 24.0 Å². The summed E-state index contributed by atoms with van der Waals surface area (Å²) in [7, 11) is 0. The highest BCUT2D eigenvalue weighted by atomic mass is 35.5. The minimum atomic E-state index is -0.473. The van der Waals surface area contributed by atoms with E-state index in [4.69, 9.17) is 11.6 Å². The van der Waals surface area contributed by atoms with Crippen molar-refractivity contribution in [1.29, 1.82) is 0 Å². The zero-order chi connectivity index (χ0) is 18.4. The lowest BCUT2D eigenvalue weighted by atomic mass is 9.89. The Balaban J connectivity index is 2.01. The summed E-state index contributed by atoms with van der Waals surface area (Å²) in [5.74, 6) is 0.283. The van der Waals surface area contributed by atoms with Gasteiger partial charge in [-0.2, -0.15) is 0 Å². The molecule has 3 heteroatoms. The maximum Gasteiger partial charge on any atom is 0.245 e. The molecule has 0 aromatic heterocycles. The van der Waals surface area contributed by atoms with Gasteiger partial charge in [0.1, 0.15) is 5.75 Å².